The average Bonchev–Trinajstić information content (AvgIpc) is 2.67. The SMILES string of the molecule is C=C/C=C\C(=C)c1cccc(Nc2cccc(-c3ccccc3)c2)c1. The van der Waals surface area contributed by atoms with E-state index < -0.39 is 0 Å². The summed E-state index contributed by atoms with van der Waals surface area (Å²) in [5.41, 5.74) is 6.55. The molecule has 1 heteroatoms. The molecule has 0 aliphatic heterocycles. The number of benzene rings is 3. The van der Waals surface area contributed by atoms with E-state index in [1.54, 1.807) is 6.08 Å². The van der Waals surface area contributed by atoms with Crippen LogP contribution in [0.3, 0.4) is 0 Å². The molecular weight excluding hydrogens is 302 g/mol. The molecule has 0 spiro atoms. The minimum absolute atomic E-state index is 0.960. The predicted molar refractivity (Wildman–Crippen MR) is 110 cm³/mol. The van der Waals surface area contributed by atoms with Gasteiger partial charge in [0.25, 0.3) is 0 Å². The fraction of sp³-hybridized carbons (Fsp3) is 0. The maximum absolute atomic E-state index is 4.10. The van der Waals surface area contributed by atoms with E-state index in [1.807, 2.05) is 24.3 Å². The van der Waals surface area contributed by atoms with Gasteiger partial charge in [-0.25, -0.2) is 0 Å². The van der Waals surface area contributed by atoms with E-state index in [4.69, 9.17) is 0 Å². The third-order valence-corrected chi connectivity index (χ3v) is 3.93. The van der Waals surface area contributed by atoms with Crippen LogP contribution in [-0.2, 0) is 0 Å². The number of hydrogen-bond donors (Lipinski definition) is 1. The Kier molecular flexibility index (Phi) is 5.28. The Balaban J connectivity index is 1.82. The zero-order valence-corrected chi connectivity index (χ0v) is 14.2. The molecule has 0 heterocycles. The van der Waals surface area contributed by atoms with E-state index in [0.717, 1.165) is 22.5 Å². The summed E-state index contributed by atoms with van der Waals surface area (Å²) in [6.07, 6.45) is 5.61. The summed E-state index contributed by atoms with van der Waals surface area (Å²) in [5, 5.41) is 3.48. The third-order valence-electron chi connectivity index (χ3n) is 3.93. The van der Waals surface area contributed by atoms with Gasteiger partial charge in [-0.05, 0) is 46.5 Å². The quantitative estimate of drug-likeness (QED) is 0.489. The van der Waals surface area contributed by atoms with Crippen LogP contribution in [0.2, 0.25) is 0 Å². The highest BCUT2D eigenvalue weighted by molar-refractivity contribution is 5.76. The Morgan fingerprint density at radius 3 is 2.20 bits per heavy atom. The Labute approximate surface area is 149 Å². The Morgan fingerprint density at radius 2 is 1.44 bits per heavy atom. The molecule has 3 aromatic carbocycles. The normalized spacial score (nSPS) is 10.6. The summed E-state index contributed by atoms with van der Waals surface area (Å²) in [4.78, 5) is 0. The van der Waals surface area contributed by atoms with Gasteiger partial charge in [-0.1, -0.05) is 86.0 Å². The highest BCUT2D eigenvalue weighted by Gasteiger charge is 2.01. The van der Waals surface area contributed by atoms with Gasteiger partial charge in [0, 0.05) is 11.4 Å². The zero-order chi connectivity index (χ0) is 17.5. The van der Waals surface area contributed by atoms with Crippen molar-refractivity contribution >= 4 is 16.9 Å². The summed E-state index contributed by atoms with van der Waals surface area (Å²) in [6, 6.07) is 27.1. The zero-order valence-electron chi connectivity index (χ0n) is 14.2. The molecule has 0 atom stereocenters. The van der Waals surface area contributed by atoms with Gasteiger partial charge in [0.05, 0.1) is 0 Å². The molecule has 0 amide bonds. The van der Waals surface area contributed by atoms with Gasteiger partial charge in [-0.3, -0.25) is 0 Å². The van der Waals surface area contributed by atoms with Crippen LogP contribution in [0.4, 0.5) is 11.4 Å². The lowest BCUT2D eigenvalue weighted by molar-refractivity contribution is 1.52. The summed E-state index contributed by atoms with van der Waals surface area (Å²) < 4.78 is 0. The molecule has 0 aliphatic rings. The Morgan fingerprint density at radius 1 is 0.760 bits per heavy atom. The molecule has 1 nitrogen and oxygen atoms in total. The number of rotatable bonds is 6. The number of nitrogens with one attached hydrogen (secondary N) is 1. The predicted octanol–water partition coefficient (Wildman–Crippen LogP) is 6.85. The van der Waals surface area contributed by atoms with E-state index in [1.165, 1.54) is 11.1 Å². The van der Waals surface area contributed by atoms with Crippen molar-refractivity contribution in [3.05, 3.63) is 116 Å². The minimum atomic E-state index is 0.960. The van der Waals surface area contributed by atoms with E-state index in [-0.39, 0.29) is 0 Å². The summed E-state index contributed by atoms with van der Waals surface area (Å²) in [6.45, 7) is 7.79. The molecule has 3 rings (SSSR count). The first-order valence-electron chi connectivity index (χ1n) is 8.27. The lowest BCUT2D eigenvalue weighted by Crippen LogP contribution is -1.92. The molecule has 0 bridgehead atoms. The van der Waals surface area contributed by atoms with Crippen LogP contribution in [0.5, 0.6) is 0 Å². The molecule has 0 fully saturated rings. The molecular formula is C24H21N. The molecule has 0 unspecified atom stereocenters. The number of allylic oxidation sites excluding steroid dienone is 4. The maximum Gasteiger partial charge on any atom is 0.0390 e. The first-order chi connectivity index (χ1) is 12.3. The number of hydrogen-bond acceptors (Lipinski definition) is 1. The molecule has 25 heavy (non-hydrogen) atoms. The highest BCUT2D eigenvalue weighted by atomic mass is 14.9. The van der Waals surface area contributed by atoms with Crippen LogP contribution in [0.1, 0.15) is 5.56 Å². The second-order valence-corrected chi connectivity index (χ2v) is 5.77. The smallest absolute Gasteiger partial charge is 0.0390 e. The van der Waals surface area contributed by atoms with Crippen molar-refractivity contribution in [1.29, 1.82) is 0 Å². The van der Waals surface area contributed by atoms with Crippen molar-refractivity contribution in [2.45, 2.75) is 0 Å². The molecule has 1 N–H and O–H groups in total. The summed E-state index contributed by atoms with van der Waals surface area (Å²) in [5.74, 6) is 0. The van der Waals surface area contributed by atoms with Crippen molar-refractivity contribution in [2.24, 2.45) is 0 Å². The van der Waals surface area contributed by atoms with Crippen molar-refractivity contribution in [3.63, 3.8) is 0 Å². The van der Waals surface area contributed by atoms with Gasteiger partial charge in [0.15, 0.2) is 0 Å². The molecule has 0 saturated heterocycles. The van der Waals surface area contributed by atoms with Crippen LogP contribution >= 0.6 is 0 Å². The maximum atomic E-state index is 4.10. The largest absolute Gasteiger partial charge is 0.355 e. The summed E-state index contributed by atoms with van der Waals surface area (Å²) in [7, 11) is 0. The first-order valence-corrected chi connectivity index (χ1v) is 8.27. The third kappa shape index (κ3) is 4.36. The number of anilines is 2. The molecule has 0 saturated carbocycles. The molecule has 0 aromatic heterocycles. The van der Waals surface area contributed by atoms with E-state index in [0.29, 0.717) is 0 Å². The minimum Gasteiger partial charge on any atom is -0.355 e. The van der Waals surface area contributed by atoms with Crippen molar-refractivity contribution in [2.75, 3.05) is 5.32 Å². The van der Waals surface area contributed by atoms with Crippen LogP contribution in [0.25, 0.3) is 16.7 Å². The van der Waals surface area contributed by atoms with Crippen molar-refractivity contribution < 1.29 is 0 Å². The van der Waals surface area contributed by atoms with Gasteiger partial charge < -0.3 is 5.32 Å². The Hall–Kier alpha value is -3.32. The van der Waals surface area contributed by atoms with Gasteiger partial charge in [-0.2, -0.15) is 0 Å². The Bertz CT molecular complexity index is 904. The molecule has 0 aliphatic carbocycles. The van der Waals surface area contributed by atoms with Crippen molar-refractivity contribution in [3.8, 4) is 11.1 Å². The van der Waals surface area contributed by atoms with Crippen molar-refractivity contribution in [1.82, 2.24) is 0 Å². The summed E-state index contributed by atoms with van der Waals surface area (Å²) >= 11 is 0. The first kappa shape index (κ1) is 16.5. The average molecular weight is 323 g/mol. The highest BCUT2D eigenvalue weighted by Crippen LogP contribution is 2.26. The second kappa shape index (κ2) is 7.98. The van der Waals surface area contributed by atoms with Gasteiger partial charge in [0.1, 0.15) is 0 Å². The molecule has 122 valence electrons. The van der Waals surface area contributed by atoms with Gasteiger partial charge in [-0.15, -0.1) is 0 Å². The second-order valence-electron chi connectivity index (χ2n) is 5.77. The van der Waals surface area contributed by atoms with Gasteiger partial charge in [0.2, 0.25) is 0 Å². The van der Waals surface area contributed by atoms with Crippen LogP contribution in [-0.4, -0.2) is 0 Å². The van der Waals surface area contributed by atoms with E-state index in [2.05, 4.69) is 85.2 Å². The van der Waals surface area contributed by atoms with Crippen LogP contribution in [0, 0.1) is 0 Å². The van der Waals surface area contributed by atoms with Gasteiger partial charge >= 0.3 is 0 Å². The molecule has 0 radical (unpaired) electrons. The van der Waals surface area contributed by atoms with Crippen LogP contribution in [0.15, 0.2) is 110 Å². The fourth-order valence-electron chi connectivity index (χ4n) is 2.65. The topological polar surface area (TPSA) is 12.0 Å². The monoisotopic (exact) mass is 323 g/mol. The molecule has 3 aromatic rings. The van der Waals surface area contributed by atoms with E-state index >= 15 is 0 Å². The van der Waals surface area contributed by atoms with Crippen LogP contribution < -0.4 is 5.32 Å². The fourth-order valence-corrected chi connectivity index (χ4v) is 2.65. The standard InChI is InChI=1S/C24H21N/c1-3-4-10-19(2)21-13-8-15-23(17-21)25-24-16-9-14-22(18-24)20-11-6-5-7-12-20/h3-18,25H,1-2H2/b10-4-. The lowest BCUT2D eigenvalue weighted by Gasteiger charge is -2.10. The van der Waals surface area contributed by atoms with E-state index in [9.17, 15) is 0 Å². The lowest BCUT2D eigenvalue weighted by atomic mass is 10.0.